The smallest absolute Gasteiger partial charge is 0.289 e. The molecule has 0 atom stereocenters. The number of nitro benzene ring substituents is 1. The predicted molar refractivity (Wildman–Crippen MR) is 116 cm³/mol. The van der Waals surface area contributed by atoms with Crippen LogP contribution in [0.4, 0.5) is 17.2 Å². The second-order valence-electron chi connectivity index (χ2n) is 7.25. The molecule has 2 aromatic heterocycles. The van der Waals surface area contributed by atoms with Gasteiger partial charge in [0.1, 0.15) is 28.8 Å². The van der Waals surface area contributed by atoms with Crippen LogP contribution >= 0.6 is 11.6 Å². The first-order valence-electron chi connectivity index (χ1n) is 9.74. The van der Waals surface area contributed by atoms with Gasteiger partial charge in [-0.25, -0.2) is 15.0 Å². The van der Waals surface area contributed by atoms with Gasteiger partial charge in [0.05, 0.1) is 4.92 Å². The summed E-state index contributed by atoms with van der Waals surface area (Å²) < 4.78 is 1.89. The number of carbonyl (C=O) groups excluding carboxylic acids is 1. The van der Waals surface area contributed by atoms with E-state index >= 15 is 0 Å². The molecule has 11 heteroatoms. The van der Waals surface area contributed by atoms with E-state index in [0.29, 0.717) is 31.6 Å². The first-order valence-corrected chi connectivity index (χ1v) is 10.1. The monoisotopic (exact) mass is 441 g/mol. The number of halogens is 1. The van der Waals surface area contributed by atoms with Crippen LogP contribution in [0.25, 0.3) is 5.82 Å². The highest BCUT2D eigenvalue weighted by Gasteiger charge is 2.26. The summed E-state index contributed by atoms with van der Waals surface area (Å²) >= 11 is 5.83. The molecule has 3 heterocycles. The summed E-state index contributed by atoms with van der Waals surface area (Å²) in [6.45, 7) is 3.23. The number of aromatic nitrogens is 4. The Morgan fingerprint density at radius 3 is 2.61 bits per heavy atom. The van der Waals surface area contributed by atoms with Crippen LogP contribution in [0.15, 0.2) is 43.0 Å². The van der Waals surface area contributed by atoms with Gasteiger partial charge in [-0.2, -0.15) is 0 Å². The van der Waals surface area contributed by atoms with E-state index in [4.69, 9.17) is 11.6 Å². The van der Waals surface area contributed by atoms with Crippen LogP contribution in [0.2, 0.25) is 5.02 Å². The van der Waals surface area contributed by atoms with Gasteiger partial charge in [-0.05, 0) is 31.9 Å². The Morgan fingerprint density at radius 2 is 1.94 bits per heavy atom. The molecule has 1 aliphatic rings. The molecule has 0 spiro atoms. The maximum Gasteiger partial charge on any atom is 0.289 e. The van der Waals surface area contributed by atoms with Crippen molar-refractivity contribution in [3.05, 3.63) is 63.9 Å². The van der Waals surface area contributed by atoms with E-state index < -0.39 is 4.92 Å². The fraction of sp³-hybridized carbons (Fsp3) is 0.300. The number of imidazole rings is 1. The maximum absolute atomic E-state index is 12.7. The van der Waals surface area contributed by atoms with E-state index in [1.54, 1.807) is 12.3 Å². The number of nitro groups is 1. The number of rotatable bonds is 5. The minimum absolute atomic E-state index is 0.0337. The quantitative estimate of drug-likeness (QED) is 0.476. The van der Waals surface area contributed by atoms with Crippen molar-refractivity contribution in [3.8, 4) is 5.82 Å². The molecule has 4 rings (SSSR count). The lowest BCUT2D eigenvalue weighted by Gasteiger charge is -2.32. The van der Waals surface area contributed by atoms with Gasteiger partial charge in [0.25, 0.3) is 5.69 Å². The molecule has 1 amide bonds. The number of carbonyl (C=O) groups is 1. The SMILES string of the molecule is Cc1nccn1-c1cc(N2CCC(C(=O)Nc3ccc(Cl)c([N+](=O)[O-])c3)CC2)ncn1. The summed E-state index contributed by atoms with van der Waals surface area (Å²) in [6, 6.07) is 6.15. The number of aryl methyl sites for hydroxylation is 1. The molecule has 0 aliphatic carbocycles. The number of nitrogens with zero attached hydrogens (tertiary/aromatic N) is 6. The van der Waals surface area contributed by atoms with Gasteiger partial charge < -0.3 is 10.2 Å². The third-order valence-electron chi connectivity index (χ3n) is 5.31. The van der Waals surface area contributed by atoms with E-state index in [1.807, 2.05) is 23.8 Å². The van der Waals surface area contributed by atoms with Crippen LogP contribution in [-0.2, 0) is 4.79 Å². The van der Waals surface area contributed by atoms with E-state index in [9.17, 15) is 14.9 Å². The highest BCUT2D eigenvalue weighted by Crippen LogP contribution is 2.29. The van der Waals surface area contributed by atoms with Crippen LogP contribution in [0.3, 0.4) is 0 Å². The van der Waals surface area contributed by atoms with Crippen molar-refractivity contribution in [1.29, 1.82) is 0 Å². The van der Waals surface area contributed by atoms with Gasteiger partial charge in [-0.15, -0.1) is 0 Å². The Labute approximate surface area is 183 Å². The molecule has 0 saturated carbocycles. The van der Waals surface area contributed by atoms with Crippen molar-refractivity contribution in [3.63, 3.8) is 0 Å². The van der Waals surface area contributed by atoms with Crippen molar-refractivity contribution in [2.24, 2.45) is 5.92 Å². The molecule has 1 fully saturated rings. The molecular weight excluding hydrogens is 422 g/mol. The number of amides is 1. The Kier molecular flexibility index (Phi) is 5.81. The summed E-state index contributed by atoms with van der Waals surface area (Å²) in [6.07, 6.45) is 6.38. The predicted octanol–water partition coefficient (Wildman–Crippen LogP) is 3.39. The number of nitrogens with one attached hydrogen (secondary N) is 1. The lowest BCUT2D eigenvalue weighted by molar-refractivity contribution is -0.384. The molecule has 10 nitrogen and oxygen atoms in total. The maximum atomic E-state index is 12.7. The molecule has 31 heavy (non-hydrogen) atoms. The highest BCUT2D eigenvalue weighted by molar-refractivity contribution is 6.32. The third kappa shape index (κ3) is 4.48. The molecule has 1 saturated heterocycles. The third-order valence-corrected chi connectivity index (χ3v) is 5.63. The Balaban J connectivity index is 1.39. The zero-order valence-corrected chi connectivity index (χ0v) is 17.5. The largest absolute Gasteiger partial charge is 0.356 e. The second kappa shape index (κ2) is 8.68. The molecular formula is C20H20ClN7O3. The van der Waals surface area contributed by atoms with Crippen LogP contribution in [0, 0.1) is 23.0 Å². The summed E-state index contributed by atoms with van der Waals surface area (Å²) in [5.41, 5.74) is 0.127. The van der Waals surface area contributed by atoms with Gasteiger partial charge in [0, 0.05) is 49.2 Å². The molecule has 0 unspecified atom stereocenters. The van der Waals surface area contributed by atoms with Crippen molar-refractivity contribution >= 4 is 34.7 Å². The van der Waals surface area contributed by atoms with Crippen LogP contribution in [0.5, 0.6) is 0 Å². The fourth-order valence-electron chi connectivity index (χ4n) is 3.61. The first kappa shape index (κ1) is 20.7. The van der Waals surface area contributed by atoms with Crippen LogP contribution in [0.1, 0.15) is 18.7 Å². The van der Waals surface area contributed by atoms with Crippen LogP contribution < -0.4 is 10.2 Å². The summed E-state index contributed by atoms with van der Waals surface area (Å²) in [4.78, 5) is 38.2. The van der Waals surface area contributed by atoms with Gasteiger partial charge in [0.2, 0.25) is 5.91 Å². The number of anilines is 2. The molecule has 0 radical (unpaired) electrons. The number of piperidine rings is 1. The minimum atomic E-state index is -0.572. The van der Waals surface area contributed by atoms with E-state index in [1.165, 1.54) is 18.5 Å². The van der Waals surface area contributed by atoms with Gasteiger partial charge in [0.15, 0.2) is 0 Å². The summed E-state index contributed by atoms with van der Waals surface area (Å²) in [5, 5.41) is 13.8. The lowest BCUT2D eigenvalue weighted by atomic mass is 9.95. The van der Waals surface area contributed by atoms with Crippen molar-refractivity contribution in [2.45, 2.75) is 19.8 Å². The first-order chi connectivity index (χ1) is 14.9. The van der Waals surface area contributed by atoms with Crippen molar-refractivity contribution in [2.75, 3.05) is 23.3 Å². The number of hydrogen-bond acceptors (Lipinski definition) is 7. The van der Waals surface area contributed by atoms with Crippen molar-refractivity contribution in [1.82, 2.24) is 19.5 Å². The summed E-state index contributed by atoms with van der Waals surface area (Å²) in [7, 11) is 0. The highest BCUT2D eigenvalue weighted by atomic mass is 35.5. The molecule has 0 bridgehead atoms. The zero-order valence-electron chi connectivity index (χ0n) is 16.7. The van der Waals surface area contributed by atoms with E-state index in [2.05, 4.69) is 25.2 Å². The average molecular weight is 442 g/mol. The normalized spacial score (nSPS) is 14.5. The molecule has 1 aliphatic heterocycles. The van der Waals surface area contributed by atoms with E-state index in [0.717, 1.165) is 17.5 Å². The van der Waals surface area contributed by atoms with Gasteiger partial charge in [-0.3, -0.25) is 19.5 Å². The van der Waals surface area contributed by atoms with Gasteiger partial charge in [-0.1, -0.05) is 11.6 Å². The Morgan fingerprint density at radius 1 is 1.19 bits per heavy atom. The lowest BCUT2D eigenvalue weighted by Crippen LogP contribution is -2.38. The molecule has 160 valence electrons. The zero-order chi connectivity index (χ0) is 22.0. The molecule has 3 aromatic rings. The van der Waals surface area contributed by atoms with Crippen LogP contribution in [-0.4, -0.2) is 43.4 Å². The minimum Gasteiger partial charge on any atom is -0.356 e. The fourth-order valence-corrected chi connectivity index (χ4v) is 3.79. The average Bonchev–Trinajstić information content (AvgIpc) is 3.21. The summed E-state index contributed by atoms with van der Waals surface area (Å²) in [5.74, 6) is 2.02. The molecule has 1 N–H and O–H groups in total. The topological polar surface area (TPSA) is 119 Å². The Bertz CT molecular complexity index is 1130. The van der Waals surface area contributed by atoms with Gasteiger partial charge >= 0.3 is 0 Å². The number of benzene rings is 1. The number of hydrogen-bond donors (Lipinski definition) is 1. The molecule has 1 aromatic carbocycles. The van der Waals surface area contributed by atoms with E-state index in [-0.39, 0.29) is 22.5 Å². The van der Waals surface area contributed by atoms with Crippen molar-refractivity contribution < 1.29 is 9.72 Å². The standard InChI is InChI=1S/C20H20ClN7O3/c1-13-22-6-9-27(13)19-11-18(23-12-24-19)26-7-4-14(5-8-26)20(29)25-15-2-3-16(21)17(10-15)28(30)31/h2-3,6,9-12,14H,4-5,7-8H2,1H3,(H,25,29). The Hall–Kier alpha value is -3.53. The second-order valence-corrected chi connectivity index (χ2v) is 7.66.